The minimum absolute atomic E-state index is 1.30. The predicted molar refractivity (Wildman–Crippen MR) is 17.8 cm³/mol. The van der Waals surface area contributed by atoms with Gasteiger partial charge in [0, 0.05) is 0 Å². The van der Waals surface area contributed by atoms with Gasteiger partial charge >= 0.3 is 0 Å². The van der Waals surface area contributed by atoms with E-state index in [2.05, 4.69) is 9.78 Å². The van der Waals surface area contributed by atoms with Crippen LogP contribution in [0.2, 0.25) is 0 Å². The van der Waals surface area contributed by atoms with Crippen molar-refractivity contribution >= 4 is 0 Å². The van der Waals surface area contributed by atoms with Gasteiger partial charge in [0.05, 0.1) is 7.11 Å². The highest BCUT2D eigenvalue weighted by Crippen LogP contribution is 1.60. The molecule has 0 aliphatic heterocycles. The van der Waals surface area contributed by atoms with E-state index in [0.29, 0.717) is 0 Å². The molecule has 0 saturated heterocycles. The van der Waals surface area contributed by atoms with Crippen LogP contribution >= 0.6 is 0 Å². The quantitative estimate of drug-likeness (QED) is 0.275. The van der Waals surface area contributed by atoms with Crippen LogP contribution in [0.4, 0.5) is 0 Å². The van der Waals surface area contributed by atoms with Crippen molar-refractivity contribution in [2.24, 2.45) is 0 Å². The number of aliphatic hydroxyl groups is 1. The molecule has 0 atom stereocenters. The molecule has 0 radical (unpaired) electrons. The van der Waals surface area contributed by atoms with Crippen molar-refractivity contribution in [3.63, 3.8) is 0 Å². The highest BCUT2D eigenvalue weighted by Gasteiger charge is 1.59. The van der Waals surface area contributed by atoms with E-state index < -0.39 is 0 Å². The Morgan fingerprint density at radius 2 is 2.33 bits per heavy atom. The maximum absolute atomic E-state index is 7.63. The zero-order valence-corrected chi connectivity index (χ0v) is 3.26. The lowest BCUT2D eigenvalue weighted by Gasteiger charge is -1.79. The summed E-state index contributed by atoms with van der Waals surface area (Å²) in [4.78, 5) is 7.82. The largest absolute Gasteiger partial charge is 0.460 e. The van der Waals surface area contributed by atoms with E-state index in [9.17, 15) is 0 Å². The van der Waals surface area contributed by atoms with Crippen molar-refractivity contribution in [3.8, 4) is 12.2 Å². The number of aliphatic hydroxyl groups excluding tert-OH is 1. The molecule has 34 valence electrons. The molecule has 0 aromatic rings. The fourth-order valence-electron chi connectivity index (χ4n) is 0.0603. The molecule has 0 saturated carbocycles. The third-order valence-corrected chi connectivity index (χ3v) is 0.171. The van der Waals surface area contributed by atoms with E-state index in [-0.39, 0.29) is 0 Å². The molecule has 3 nitrogen and oxygen atoms in total. The smallest absolute Gasteiger partial charge is 0.200 e. The molecular formula is C3H4O3. The second-order valence-corrected chi connectivity index (χ2v) is 0.464. The lowest BCUT2D eigenvalue weighted by Crippen LogP contribution is -1.74. The molecule has 0 aromatic heterocycles. The number of rotatable bonds is 1. The first-order valence-corrected chi connectivity index (χ1v) is 1.25. The van der Waals surface area contributed by atoms with Crippen molar-refractivity contribution in [3.05, 3.63) is 0 Å². The molecular weight excluding hydrogens is 84.0 g/mol. The van der Waals surface area contributed by atoms with E-state index in [1.165, 1.54) is 13.2 Å². The average molecular weight is 88.1 g/mol. The third-order valence-electron chi connectivity index (χ3n) is 0.171. The summed E-state index contributed by atoms with van der Waals surface area (Å²) in [6.07, 6.45) is 3.25. The highest BCUT2D eigenvalue weighted by atomic mass is 17.2. The average Bonchev–Trinajstić information content (AvgIpc) is 1.61. The van der Waals surface area contributed by atoms with Crippen molar-refractivity contribution < 1.29 is 14.9 Å². The molecule has 0 aliphatic rings. The van der Waals surface area contributed by atoms with Gasteiger partial charge < -0.3 is 5.11 Å². The van der Waals surface area contributed by atoms with Crippen LogP contribution in [0.3, 0.4) is 0 Å². The van der Waals surface area contributed by atoms with E-state index >= 15 is 0 Å². The Hall–Kier alpha value is -0.880. The molecule has 6 heavy (non-hydrogen) atoms. The summed E-state index contributed by atoms with van der Waals surface area (Å²) in [6, 6.07) is 0. The van der Waals surface area contributed by atoms with Gasteiger partial charge in [-0.05, 0) is 0 Å². The van der Waals surface area contributed by atoms with Gasteiger partial charge in [-0.25, -0.2) is 0 Å². The van der Waals surface area contributed by atoms with Crippen LogP contribution in [0.25, 0.3) is 0 Å². The summed E-state index contributed by atoms with van der Waals surface area (Å²) in [6.45, 7) is 0. The fourth-order valence-corrected chi connectivity index (χ4v) is 0.0603. The van der Waals surface area contributed by atoms with E-state index in [4.69, 9.17) is 5.11 Å². The molecule has 1 N–H and O–H groups in total. The first kappa shape index (κ1) is 5.12. The van der Waals surface area contributed by atoms with Crippen LogP contribution in [0.15, 0.2) is 0 Å². The lowest BCUT2D eigenvalue weighted by molar-refractivity contribution is -0.209. The van der Waals surface area contributed by atoms with E-state index in [1.54, 1.807) is 6.11 Å². The SMILES string of the molecule is COOC#CO. The molecule has 0 unspecified atom stereocenters. The summed E-state index contributed by atoms with van der Waals surface area (Å²) in [5, 5.41) is 7.63. The molecule has 0 fully saturated rings. The molecule has 0 aliphatic carbocycles. The van der Waals surface area contributed by atoms with E-state index in [1.807, 2.05) is 0 Å². The number of hydrogen-bond acceptors (Lipinski definition) is 3. The first-order chi connectivity index (χ1) is 2.91. The van der Waals surface area contributed by atoms with Gasteiger partial charge in [-0.2, -0.15) is 4.89 Å². The van der Waals surface area contributed by atoms with Crippen LogP contribution in [-0.2, 0) is 9.78 Å². The Balaban J connectivity index is 2.79. The van der Waals surface area contributed by atoms with Crippen molar-refractivity contribution in [2.75, 3.05) is 7.11 Å². The molecule has 0 amide bonds. The van der Waals surface area contributed by atoms with Crippen LogP contribution in [-0.4, -0.2) is 12.2 Å². The molecule has 0 heterocycles. The first-order valence-electron chi connectivity index (χ1n) is 1.25. The maximum atomic E-state index is 7.63. The lowest BCUT2D eigenvalue weighted by atomic mass is 11.2. The molecule has 0 rings (SSSR count). The minimum Gasteiger partial charge on any atom is -0.460 e. The zero-order chi connectivity index (χ0) is 4.83. The maximum Gasteiger partial charge on any atom is 0.200 e. The van der Waals surface area contributed by atoms with Crippen molar-refractivity contribution in [1.82, 2.24) is 0 Å². The highest BCUT2D eigenvalue weighted by molar-refractivity contribution is 4.74. The Morgan fingerprint density at radius 3 is 2.50 bits per heavy atom. The second kappa shape index (κ2) is 4.12. The summed E-state index contributed by atoms with van der Waals surface area (Å²) in [5.74, 6) is 0. The Labute approximate surface area is 35.4 Å². The topological polar surface area (TPSA) is 38.7 Å². The Bertz CT molecular complexity index is 67.8. The van der Waals surface area contributed by atoms with Gasteiger partial charge in [0.15, 0.2) is 6.11 Å². The van der Waals surface area contributed by atoms with Crippen molar-refractivity contribution in [2.45, 2.75) is 0 Å². The Kier molecular flexibility index (Phi) is 3.52. The van der Waals surface area contributed by atoms with Crippen LogP contribution < -0.4 is 0 Å². The van der Waals surface area contributed by atoms with E-state index in [0.717, 1.165) is 0 Å². The van der Waals surface area contributed by atoms with Gasteiger partial charge in [-0.3, -0.25) is 4.89 Å². The van der Waals surface area contributed by atoms with Gasteiger partial charge in [0.25, 0.3) is 0 Å². The zero-order valence-electron chi connectivity index (χ0n) is 3.26. The van der Waals surface area contributed by atoms with Gasteiger partial charge in [0.1, 0.15) is 0 Å². The molecule has 0 bridgehead atoms. The van der Waals surface area contributed by atoms with Gasteiger partial charge in [-0.15, -0.1) is 0 Å². The fraction of sp³-hybridized carbons (Fsp3) is 0.333. The minimum atomic E-state index is 1.30. The normalized spacial score (nSPS) is 5.50. The van der Waals surface area contributed by atoms with Crippen molar-refractivity contribution in [1.29, 1.82) is 0 Å². The second-order valence-electron chi connectivity index (χ2n) is 0.464. The van der Waals surface area contributed by atoms with Crippen LogP contribution in [0.1, 0.15) is 0 Å². The predicted octanol–water partition coefficient (Wildman–Crippen LogP) is -0.145. The molecule has 0 spiro atoms. The summed E-state index contributed by atoms with van der Waals surface area (Å²) >= 11 is 0. The van der Waals surface area contributed by atoms with Crippen LogP contribution in [0, 0.1) is 12.2 Å². The van der Waals surface area contributed by atoms with Gasteiger partial charge in [-0.1, -0.05) is 0 Å². The standard InChI is InChI=1S/C3H4O3/c1-5-6-3-2-4/h4H,1H3. The molecule has 3 heteroatoms. The summed E-state index contributed by atoms with van der Waals surface area (Å²) in [7, 11) is 1.30. The summed E-state index contributed by atoms with van der Waals surface area (Å²) in [5.41, 5.74) is 0. The number of hydrogen-bond donors (Lipinski definition) is 1. The Morgan fingerprint density at radius 1 is 1.67 bits per heavy atom. The third kappa shape index (κ3) is 3.12. The summed E-state index contributed by atoms with van der Waals surface area (Å²) < 4.78 is 0. The van der Waals surface area contributed by atoms with Gasteiger partial charge in [0.2, 0.25) is 6.11 Å². The monoisotopic (exact) mass is 88.0 g/mol. The molecule has 0 aromatic carbocycles. The van der Waals surface area contributed by atoms with Crippen LogP contribution in [0.5, 0.6) is 0 Å².